The maximum atomic E-state index is 11.9. The normalized spacial score (nSPS) is 10.2. The summed E-state index contributed by atoms with van der Waals surface area (Å²) in [5.41, 5.74) is 1.39. The maximum absolute atomic E-state index is 11.9. The molecule has 0 saturated heterocycles. The van der Waals surface area contributed by atoms with Gasteiger partial charge in [0.15, 0.2) is 0 Å². The Kier molecular flexibility index (Phi) is 4.65. The molecule has 0 atom stereocenters. The van der Waals surface area contributed by atoms with E-state index in [1.165, 1.54) is 0 Å². The second-order valence-electron chi connectivity index (χ2n) is 4.22. The van der Waals surface area contributed by atoms with E-state index in [1.54, 1.807) is 31.3 Å². The fraction of sp³-hybridized carbons (Fsp3) is 0.267. The highest BCUT2D eigenvalue weighted by atomic mass is 16.5. The number of benzene rings is 1. The SMILES string of the molecule is CCOC(=O)CCNC(=O)c1ccc2ncccc2c1. The molecule has 5 heteroatoms. The quantitative estimate of drug-likeness (QED) is 0.844. The number of pyridine rings is 1. The van der Waals surface area contributed by atoms with Crippen molar-refractivity contribution in [3.05, 3.63) is 42.1 Å². The van der Waals surface area contributed by atoms with Gasteiger partial charge in [-0.05, 0) is 31.2 Å². The van der Waals surface area contributed by atoms with Crippen molar-refractivity contribution in [1.29, 1.82) is 0 Å². The molecule has 0 aliphatic carbocycles. The van der Waals surface area contributed by atoms with Crippen molar-refractivity contribution in [3.8, 4) is 0 Å². The summed E-state index contributed by atoms with van der Waals surface area (Å²) in [6.45, 7) is 2.37. The van der Waals surface area contributed by atoms with Gasteiger partial charge >= 0.3 is 5.97 Å². The molecular weight excluding hydrogens is 256 g/mol. The molecule has 0 fully saturated rings. The average molecular weight is 272 g/mol. The van der Waals surface area contributed by atoms with E-state index in [0.29, 0.717) is 12.2 Å². The summed E-state index contributed by atoms with van der Waals surface area (Å²) in [4.78, 5) is 27.3. The Morgan fingerprint density at radius 3 is 2.95 bits per heavy atom. The number of hydrogen-bond donors (Lipinski definition) is 1. The van der Waals surface area contributed by atoms with Crippen LogP contribution >= 0.6 is 0 Å². The van der Waals surface area contributed by atoms with Crippen LogP contribution in [0.5, 0.6) is 0 Å². The Bertz CT molecular complexity index is 625. The first-order chi connectivity index (χ1) is 9.70. The van der Waals surface area contributed by atoms with Crippen LogP contribution in [-0.2, 0) is 9.53 Å². The number of aromatic nitrogens is 1. The molecule has 1 amide bonds. The van der Waals surface area contributed by atoms with Gasteiger partial charge in [0, 0.05) is 23.7 Å². The van der Waals surface area contributed by atoms with E-state index in [4.69, 9.17) is 4.74 Å². The van der Waals surface area contributed by atoms with Gasteiger partial charge in [0.2, 0.25) is 0 Å². The molecule has 0 spiro atoms. The maximum Gasteiger partial charge on any atom is 0.307 e. The van der Waals surface area contributed by atoms with Crippen LogP contribution in [-0.4, -0.2) is 30.0 Å². The zero-order chi connectivity index (χ0) is 14.4. The van der Waals surface area contributed by atoms with Crippen molar-refractivity contribution in [2.45, 2.75) is 13.3 Å². The van der Waals surface area contributed by atoms with Crippen LogP contribution in [0.4, 0.5) is 0 Å². The van der Waals surface area contributed by atoms with Gasteiger partial charge in [-0.3, -0.25) is 14.6 Å². The van der Waals surface area contributed by atoms with Crippen molar-refractivity contribution in [3.63, 3.8) is 0 Å². The van der Waals surface area contributed by atoms with Crippen LogP contribution < -0.4 is 5.32 Å². The summed E-state index contributed by atoms with van der Waals surface area (Å²) in [6.07, 6.45) is 1.89. The predicted octanol–water partition coefficient (Wildman–Crippen LogP) is 1.92. The number of nitrogens with zero attached hydrogens (tertiary/aromatic N) is 1. The first-order valence-corrected chi connectivity index (χ1v) is 6.49. The third-order valence-electron chi connectivity index (χ3n) is 2.79. The molecule has 0 saturated carbocycles. The first kappa shape index (κ1) is 14.0. The molecule has 0 aliphatic rings. The summed E-state index contributed by atoms with van der Waals surface area (Å²) in [7, 11) is 0. The van der Waals surface area contributed by atoms with E-state index in [2.05, 4.69) is 10.3 Å². The minimum absolute atomic E-state index is 0.175. The lowest BCUT2D eigenvalue weighted by molar-refractivity contribution is -0.142. The molecule has 2 aromatic rings. The number of carbonyl (C=O) groups is 2. The fourth-order valence-electron chi connectivity index (χ4n) is 1.83. The van der Waals surface area contributed by atoms with E-state index in [0.717, 1.165) is 10.9 Å². The summed E-state index contributed by atoms with van der Waals surface area (Å²) >= 11 is 0. The number of esters is 1. The molecule has 104 valence electrons. The predicted molar refractivity (Wildman–Crippen MR) is 75.3 cm³/mol. The van der Waals surface area contributed by atoms with E-state index in [9.17, 15) is 9.59 Å². The molecule has 1 aromatic carbocycles. The van der Waals surface area contributed by atoms with Gasteiger partial charge < -0.3 is 10.1 Å². The van der Waals surface area contributed by atoms with E-state index >= 15 is 0 Å². The Hall–Kier alpha value is -2.43. The van der Waals surface area contributed by atoms with Gasteiger partial charge in [-0.15, -0.1) is 0 Å². The van der Waals surface area contributed by atoms with Gasteiger partial charge in [-0.25, -0.2) is 0 Å². The van der Waals surface area contributed by atoms with Crippen molar-refractivity contribution >= 4 is 22.8 Å². The third kappa shape index (κ3) is 3.54. The highest BCUT2D eigenvalue weighted by molar-refractivity contribution is 5.98. The fourth-order valence-corrected chi connectivity index (χ4v) is 1.83. The monoisotopic (exact) mass is 272 g/mol. The lowest BCUT2D eigenvalue weighted by Crippen LogP contribution is -2.26. The molecular formula is C15H16N2O3. The van der Waals surface area contributed by atoms with Gasteiger partial charge in [0.1, 0.15) is 0 Å². The number of hydrogen-bond acceptors (Lipinski definition) is 4. The Morgan fingerprint density at radius 1 is 1.30 bits per heavy atom. The second kappa shape index (κ2) is 6.65. The lowest BCUT2D eigenvalue weighted by Gasteiger charge is -2.06. The molecule has 0 bridgehead atoms. The summed E-state index contributed by atoms with van der Waals surface area (Å²) in [6, 6.07) is 9.02. The highest BCUT2D eigenvalue weighted by Gasteiger charge is 2.07. The molecule has 1 N–H and O–H groups in total. The molecule has 0 radical (unpaired) electrons. The van der Waals surface area contributed by atoms with E-state index < -0.39 is 0 Å². The average Bonchev–Trinajstić information content (AvgIpc) is 2.47. The molecule has 20 heavy (non-hydrogen) atoms. The Balaban J connectivity index is 1.95. The standard InChI is InChI=1S/C15H16N2O3/c1-2-20-14(18)7-9-17-15(19)12-5-6-13-11(10-12)4-3-8-16-13/h3-6,8,10H,2,7,9H2,1H3,(H,17,19). The van der Waals surface area contributed by atoms with Crippen LogP contribution in [0.25, 0.3) is 10.9 Å². The van der Waals surface area contributed by atoms with Crippen LogP contribution in [0.1, 0.15) is 23.7 Å². The zero-order valence-electron chi connectivity index (χ0n) is 11.3. The van der Waals surface area contributed by atoms with Crippen LogP contribution in [0, 0.1) is 0 Å². The van der Waals surface area contributed by atoms with E-state index in [-0.39, 0.29) is 24.8 Å². The molecule has 5 nitrogen and oxygen atoms in total. The molecule has 0 aliphatic heterocycles. The molecule has 0 unspecified atom stereocenters. The summed E-state index contributed by atoms with van der Waals surface area (Å²) in [5, 5.41) is 3.60. The lowest BCUT2D eigenvalue weighted by atomic mass is 10.1. The smallest absolute Gasteiger partial charge is 0.307 e. The second-order valence-corrected chi connectivity index (χ2v) is 4.22. The van der Waals surface area contributed by atoms with Crippen molar-refractivity contribution in [2.24, 2.45) is 0 Å². The Morgan fingerprint density at radius 2 is 2.15 bits per heavy atom. The molecule has 1 heterocycles. The van der Waals surface area contributed by atoms with Crippen molar-refractivity contribution in [1.82, 2.24) is 10.3 Å². The van der Waals surface area contributed by atoms with Crippen LogP contribution in [0.3, 0.4) is 0 Å². The van der Waals surface area contributed by atoms with Gasteiger partial charge in [-0.1, -0.05) is 6.07 Å². The van der Waals surface area contributed by atoms with Gasteiger partial charge in [0.05, 0.1) is 18.5 Å². The number of fused-ring (bicyclic) bond motifs is 1. The number of carbonyl (C=O) groups excluding carboxylic acids is 2. The zero-order valence-corrected chi connectivity index (χ0v) is 11.3. The minimum atomic E-state index is -0.310. The number of rotatable bonds is 5. The number of ether oxygens (including phenoxy) is 1. The Labute approximate surface area is 117 Å². The topological polar surface area (TPSA) is 68.3 Å². The van der Waals surface area contributed by atoms with Crippen LogP contribution in [0.15, 0.2) is 36.5 Å². The van der Waals surface area contributed by atoms with Crippen molar-refractivity contribution < 1.29 is 14.3 Å². The van der Waals surface area contributed by atoms with Crippen LogP contribution in [0.2, 0.25) is 0 Å². The van der Waals surface area contributed by atoms with Gasteiger partial charge in [-0.2, -0.15) is 0 Å². The summed E-state index contributed by atoms with van der Waals surface area (Å²) < 4.78 is 4.79. The molecule has 1 aromatic heterocycles. The van der Waals surface area contributed by atoms with Gasteiger partial charge in [0.25, 0.3) is 5.91 Å². The number of nitrogens with one attached hydrogen (secondary N) is 1. The minimum Gasteiger partial charge on any atom is -0.466 e. The molecule has 2 rings (SSSR count). The van der Waals surface area contributed by atoms with Crippen molar-refractivity contribution in [2.75, 3.05) is 13.2 Å². The first-order valence-electron chi connectivity index (χ1n) is 6.49. The largest absolute Gasteiger partial charge is 0.466 e. The number of amides is 1. The van der Waals surface area contributed by atoms with E-state index in [1.807, 2.05) is 12.1 Å². The highest BCUT2D eigenvalue weighted by Crippen LogP contribution is 2.13. The third-order valence-corrected chi connectivity index (χ3v) is 2.79. The summed E-state index contributed by atoms with van der Waals surface area (Å²) in [5.74, 6) is -0.518.